The molecule has 0 radical (unpaired) electrons. The predicted octanol–water partition coefficient (Wildman–Crippen LogP) is 4.79. The third-order valence-electron chi connectivity index (χ3n) is 4.13. The number of hydrogen-bond donors (Lipinski definition) is 1. The number of nitrogens with zero attached hydrogens (tertiary/aromatic N) is 2. The molecular weight excluding hydrogens is 422 g/mol. The number of ether oxygens (including phenoxy) is 1. The highest BCUT2D eigenvalue weighted by molar-refractivity contribution is 9.10. The second-order valence-electron chi connectivity index (χ2n) is 6.81. The Morgan fingerprint density at radius 1 is 1.29 bits per heavy atom. The quantitative estimate of drug-likeness (QED) is 0.575. The van der Waals surface area contributed by atoms with Gasteiger partial charge in [-0.15, -0.1) is 0 Å². The Bertz CT molecular complexity index is 1060. The van der Waals surface area contributed by atoms with Crippen LogP contribution in [0.1, 0.15) is 52.9 Å². The molecule has 6 nitrogen and oxygen atoms in total. The summed E-state index contributed by atoms with van der Waals surface area (Å²) in [7, 11) is 0. The van der Waals surface area contributed by atoms with Crippen LogP contribution in [-0.4, -0.2) is 27.4 Å². The number of carbonyl (C=O) groups excluding carboxylic acids is 2. The van der Waals surface area contributed by atoms with Gasteiger partial charge < -0.3 is 10.1 Å². The van der Waals surface area contributed by atoms with Crippen LogP contribution in [0.3, 0.4) is 0 Å². The molecule has 0 saturated carbocycles. The summed E-state index contributed by atoms with van der Waals surface area (Å²) in [4.78, 5) is 29.8. The Kier molecular flexibility index (Phi) is 5.84. The molecule has 3 rings (SSSR count). The van der Waals surface area contributed by atoms with Crippen molar-refractivity contribution >= 4 is 39.1 Å². The molecular formula is C21H22BrN3O3. The maximum atomic E-state index is 13.0. The third kappa shape index (κ3) is 4.09. The van der Waals surface area contributed by atoms with Crippen molar-refractivity contribution in [1.29, 1.82) is 0 Å². The van der Waals surface area contributed by atoms with Crippen LogP contribution in [0.5, 0.6) is 0 Å². The first-order valence-corrected chi connectivity index (χ1v) is 9.89. The van der Waals surface area contributed by atoms with Crippen LogP contribution in [0.4, 0.5) is 5.69 Å². The highest BCUT2D eigenvalue weighted by Gasteiger charge is 2.20. The molecule has 0 spiro atoms. The average molecular weight is 444 g/mol. The van der Waals surface area contributed by atoms with Crippen molar-refractivity contribution < 1.29 is 14.3 Å². The molecule has 0 fully saturated rings. The number of rotatable bonds is 5. The van der Waals surface area contributed by atoms with Crippen molar-refractivity contribution in [3.8, 4) is 0 Å². The molecule has 1 amide bonds. The predicted molar refractivity (Wildman–Crippen MR) is 112 cm³/mol. The molecule has 3 aromatic rings. The van der Waals surface area contributed by atoms with E-state index in [1.807, 2.05) is 26.1 Å². The normalized spacial score (nSPS) is 11.1. The van der Waals surface area contributed by atoms with Gasteiger partial charge in [0.2, 0.25) is 0 Å². The molecule has 28 heavy (non-hydrogen) atoms. The lowest BCUT2D eigenvalue weighted by atomic mass is 10.2. The van der Waals surface area contributed by atoms with Crippen molar-refractivity contribution in [3.63, 3.8) is 0 Å². The molecule has 0 atom stereocenters. The number of carbonyl (C=O) groups is 2. The van der Waals surface area contributed by atoms with E-state index in [4.69, 9.17) is 4.74 Å². The Balaban J connectivity index is 1.95. The number of amides is 1. The van der Waals surface area contributed by atoms with Crippen LogP contribution < -0.4 is 5.32 Å². The van der Waals surface area contributed by atoms with E-state index >= 15 is 0 Å². The van der Waals surface area contributed by atoms with Gasteiger partial charge in [-0.2, -0.15) is 0 Å². The van der Waals surface area contributed by atoms with E-state index < -0.39 is 5.97 Å². The van der Waals surface area contributed by atoms with Gasteiger partial charge in [-0.05, 0) is 73.0 Å². The number of hydrogen-bond acceptors (Lipinski definition) is 4. The van der Waals surface area contributed by atoms with Gasteiger partial charge in [0.1, 0.15) is 5.69 Å². The van der Waals surface area contributed by atoms with Gasteiger partial charge in [-0.3, -0.25) is 9.20 Å². The minimum Gasteiger partial charge on any atom is -0.459 e. The van der Waals surface area contributed by atoms with Gasteiger partial charge in [-0.25, -0.2) is 9.78 Å². The Hall–Kier alpha value is -2.67. The maximum absolute atomic E-state index is 13.0. The minimum atomic E-state index is -0.422. The van der Waals surface area contributed by atoms with Crippen molar-refractivity contribution in [2.75, 3.05) is 5.32 Å². The molecule has 2 heterocycles. The summed E-state index contributed by atoms with van der Waals surface area (Å²) in [6.07, 6.45) is 2.30. The molecule has 2 aromatic heterocycles. The van der Waals surface area contributed by atoms with Crippen molar-refractivity contribution in [1.82, 2.24) is 9.38 Å². The molecule has 7 heteroatoms. The number of esters is 1. The fraction of sp³-hybridized carbons (Fsp3) is 0.286. The zero-order valence-electron chi connectivity index (χ0n) is 16.2. The second kappa shape index (κ2) is 8.14. The van der Waals surface area contributed by atoms with E-state index in [0.29, 0.717) is 34.7 Å². The standard InChI is InChI=1S/C21H22BrN3O3/c1-5-17-18(25-11-13(4)9-16(22)19(25)24-17)20(26)23-15-8-6-7-14(10-15)21(27)28-12(2)3/h6-12H,5H2,1-4H3,(H,23,26). The van der Waals surface area contributed by atoms with Crippen LogP contribution in [-0.2, 0) is 11.2 Å². The Morgan fingerprint density at radius 2 is 2.04 bits per heavy atom. The summed E-state index contributed by atoms with van der Waals surface area (Å²) in [6, 6.07) is 8.68. The SMILES string of the molecule is CCc1nc2c(Br)cc(C)cn2c1C(=O)Nc1cccc(C(=O)OC(C)C)c1. The zero-order valence-corrected chi connectivity index (χ0v) is 17.8. The molecule has 0 unspecified atom stereocenters. The number of aryl methyl sites for hydroxylation is 2. The lowest BCUT2D eigenvalue weighted by molar-refractivity contribution is 0.0377. The smallest absolute Gasteiger partial charge is 0.338 e. The number of imidazole rings is 1. The lowest BCUT2D eigenvalue weighted by Gasteiger charge is -2.10. The first-order valence-electron chi connectivity index (χ1n) is 9.09. The largest absolute Gasteiger partial charge is 0.459 e. The third-order valence-corrected chi connectivity index (χ3v) is 4.72. The van der Waals surface area contributed by atoms with Crippen molar-refractivity contribution in [2.45, 2.75) is 40.2 Å². The maximum Gasteiger partial charge on any atom is 0.338 e. The van der Waals surface area contributed by atoms with E-state index in [2.05, 4.69) is 26.2 Å². The molecule has 1 aromatic carbocycles. The number of benzene rings is 1. The summed E-state index contributed by atoms with van der Waals surface area (Å²) in [5.41, 5.74) is 3.80. The van der Waals surface area contributed by atoms with Crippen LogP contribution in [0.2, 0.25) is 0 Å². The highest BCUT2D eigenvalue weighted by atomic mass is 79.9. The van der Waals surface area contributed by atoms with E-state index in [0.717, 1.165) is 10.0 Å². The van der Waals surface area contributed by atoms with Gasteiger partial charge in [0.15, 0.2) is 5.65 Å². The summed E-state index contributed by atoms with van der Waals surface area (Å²) in [5.74, 6) is -0.703. The Morgan fingerprint density at radius 3 is 2.71 bits per heavy atom. The molecule has 0 saturated heterocycles. The summed E-state index contributed by atoms with van der Waals surface area (Å²) in [6.45, 7) is 7.50. The topological polar surface area (TPSA) is 72.7 Å². The Labute approximate surface area is 172 Å². The minimum absolute atomic E-state index is 0.210. The molecule has 146 valence electrons. The molecule has 0 aliphatic rings. The van der Waals surface area contributed by atoms with Crippen LogP contribution in [0, 0.1) is 6.92 Å². The summed E-state index contributed by atoms with van der Waals surface area (Å²) < 4.78 is 7.85. The fourth-order valence-electron chi connectivity index (χ4n) is 2.96. The molecule has 0 aliphatic heterocycles. The van der Waals surface area contributed by atoms with Crippen LogP contribution in [0.25, 0.3) is 5.65 Å². The van der Waals surface area contributed by atoms with Gasteiger partial charge >= 0.3 is 5.97 Å². The van der Waals surface area contributed by atoms with Gasteiger partial charge in [0.25, 0.3) is 5.91 Å². The number of nitrogens with one attached hydrogen (secondary N) is 1. The van der Waals surface area contributed by atoms with Gasteiger partial charge in [-0.1, -0.05) is 13.0 Å². The molecule has 0 aliphatic carbocycles. The number of fused-ring (bicyclic) bond motifs is 1. The average Bonchev–Trinajstić information content (AvgIpc) is 3.00. The van der Waals surface area contributed by atoms with Crippen molar-refractivity contribution in [2.24, 2.45) is 0 Å². The molecule has 0 bridgehead atoms. The van der Waals surface area contributed by atoms with E-state index in [1.165, 1.54) is 0 Å². The van der Waals surface area contributed by atoms with Crippen LogP contribution in [0.15, 0.2) is 41.0 Å². The second-order valence-corrected chi connectivity index (χ2v) is 7.66. The first kappa shape index (κ1) is 20.1. The van der Waals surface area contributed by atoms with Gasteiger partial charge in [0.05, 0.1) is 21.8 Å². The number of anilines is 1. The first-order chi connectivity index (χ1) is 13.3. The monoisotopic (exact) mass is 443 g/mol. The number of halogens is 1. The lowest BCUT2D eigenvalue weighted by Crippen LogP contribution is -2.17. The van der Waals surface area contributed by atoms with E-state index in [9.17, 15) is 9.59 Å². The van der Waals surface area contributed by atoms with Crippen LogP contribution >= 0.6 is 15.9 Å². The fourth-order valence-corrected chi connectivity index (χ4v) is 3.60. The highest BCUT2D eigenvalue weighted by Crippen LogP contribution is 2.24. The van der Waals surface area contributed by atoms with Crippen molar-refractivity contribution in [3.05, 3.63) is 63.5 Å². The van der Waals surface area contributed by atoms with E-state index in [1.54, 1.807) is 42.5 Å². The van der Waals surface area contributed by atoms with E-state index in [-0.39, 0.29) is 12.0 Å². The number of aromatic nitrogens is 2. The summed E-state index contributed by atoms with van der Waals surface area (Å²) in [5, 5.41) is 2.88. The summed E-state index contributed by atoms with van der Waals surface area (Å²) >= 11 is 3.52. The zero-order chi connectivity index (χ0) is 20.4. The number of pyridine rings is 1. The van der Waals surface area contributed by atoms with Gasteiger partial charge in [0, 0.05) is 11.9 Å². The molecule has 1 N–H and O–H groups in total.